The second-order valence-electron chi connectivity index (χ2n) is 7.66. The van der Waals surface area contributed by atoms with Gasteiger partial charge >= 0.3 is 6.09 Å². The van der Waals surface area contributed by atoms with E-state index in [4.69, 9.17) is 9.47 Å². The summed E-state index contributed by atoms with van der Waals surface area (Å²) in [6.45, 7) is 6.65. The Balaban J connectivity index is 1.79. The maximum absolute atomic E-state index is 13.0. The van der Waals surface area contributed by atoms with Crippen LogP contribution in [0.5, 0.6) is 5.75 Å². The van der Waals surface area contributed by atoms with Crippen molar-refractivity contribution >= 4 is 32.9 Å². The lowest BCUT2D eigenvalue weighted by molar-refractivity contribution is 0.0187. The molecule has 2 aromatic rings. The molecule has 1 aliphatic rings. The third-order valence-corrected chi connectivity index (χ3v) is 5.19. The second kappa shape index (κ2) is 7.50. The van der Waals surface area contributed by atoms with Gasteiger partial charge in [0.2, 0.25) is 0 Å². The van der Waals surface area contributed by atoms with Crippen LogP contribution in [0.1, 0.15) is 39.7 Å². The van der Waals surface area contributed by atoms with Gasteiger partial charge in [0.1, 0.15) is 11.4 Å². The Hall–Kier alpha value is -2.09. The Morgan fingerprint density at radius 1 is 1.26 bits per heavy atom. The van der Waals surface area contributed by atoms with Crippen molar-refractivity contribution < 1.29 is 14.3 Å². The number of hydrogen-bond acceptors (Lipinski definition) is 5. The highest BCUT2D eigenvalue weighted by Crippen LogP contribution is 2.29. The lowest BCUT2D eigenvalue weighted by atomic mass is 10.0. The number of halogens is 1. The molecule has 0 unspecified atom stereocenters. The van der Waals surface area contributed by atoms with E-state index in [2.05, 4.69) is 20.9 Å². The number of nitrogens with zero attached hydrogens (tertiary/aromatic N) is 3. The molecule has 1 amide bonds. The number of amides is 1. The van der Waals surface area contributed by atoms with Gasteiger partial charge in [-0.3, -0.25) is 9.36 Å². The first-order valence-corrected chi connectivity index (χ1v) is 9.71. The van der Waals surface area contributed by atoms with Gasteiger partial charge in [0.25, 0.3) is 5.56 Å². The fourth-order valence-electron chi connectivity index (χ4n) is 3.21. The summed E-state index contributed by atoms with van der Waals surface area (Å²) in [5.41, 5.74) is 0.0112. The zero-order chi connectivity index (χ0) is 19.8. The SMILES string of the molecule is COc1cc2c(=O)n(C3CCN(C(=O)OC(C)(C)C)CC3)cnc2cc1Br. The fraction of sp³-hybridized carbons (Fsp3) is 0.526. The minimum absolute atomic E-state index is 0.00253. The van der Waals surface area contributed by atoms with Crippen molar-refractivity contribution in [3.05, 3.63) is 33.3 Å². The number of hydrogen-bond donors (Lipinski definition) is 0. The van der Waals surface area contributed by atoms with Gasteiger partial charge in [-0.05, 0) is 61.7 Å². The van der Waals surface area contributed by atoms with Crippen LogP contribution in [0, 0.1) is 0 Å². The van der Waals surface area contributed by atoms with Crippen LogP contribution in [0.25, 0.3) is 10.9 Å². The molecule has 1 aliphatic heterocycles. The van der Waals surface area contributed by atoms with Crippen molar-refractivity contribution in [1.82, 2.24) is 14.5 Å². The molecule has 1 saturated heterocycles. The maximum Gasteiger partial charge on any atom is 0.410 e. The van der Waals surface area contributed by atoms with Gasteiger partial charge in [-0.25, -0.2) is 9.78 Å². The molecule has 27 heavy (non-hydrogen) atoms. The Bertz CT molecular complexity index is 912. The van der Waals surface area contributed by atoms with Crippen molar-refractivity contribution in [3.63, 3.8) is 0 Å². The molecule has 1 aromatic carbocycles. The summed E-state index contributed by atoms with van der Waals surface area (Å²) in [5.74, 6) is 0.596. The average molecular weight is 438 g/mol. The van der Waals surface area contributed by atoms with Crippen LogP contribution in [-0.2, 0) is 4.74 Å². The predicted octanol–water partition coefficient (Wildman–Crippen LogP) is 3.74. The lowest BCUT2D eigenvalue weighted by Crippen LogP contribution is -2.43. The molecule has 8 heteroatoms. The van der Waals surface area contributed by atoms with Crippen LogP contribution in [-0.4, -0.2) is 46.3 Å². The molecule has 2 heterocycles. The van der Waals surface area contributed by atoms with Crippen molar-refractivity contribution in [2.75, 3.05) is 20.2 Å². The number of benzene rings is 1. The summed E-state index contributed by atoms with van der Waals surface area (Å²) in [5, 5.41) is 0.520. The number of methoxy groups -OCH3 is 1. The normalized spacial score (nSPS) is 15.8. The fourth-order valence-corrected chi connectivity index (χ4v) is 3.70. The van der Waals surface area contributed by atoms with E-state index in [1.165, 1.54) is 0 Å². The van der Waals surface area contributed by atoms with Gasteiger partial charge in [0, 0.05) is 19.1 Å². The summed E-state index contributed by atoms with van der Waals surface area (Å²) in [4.78, 5) is 31.3. The average Bonchev–Trinajstić information content (AvgIpc) is 2.60. The first-order chi connectivity index (χ1) is 12.7. The molecule has 0 spiro atoms. The number of ether oxygens (including phenoxy) is 2. The topological polar surface area (TPSA) is 73.7 Å². The Morgan fingerprint density at radius 2 is 1.93 bits per heavy atom. The lowest BCUT2D eigenvalue weighted by Gasteiger charge is -2.34. The molecule has 0 N–H and O–H groups in total. The highest BCUT2D eigenvalue weighted by molar-refractivity contribution is 9.10. The minimum atomic E-state index is -0.513. The van der Waals surface area contributed by atoms with E-state index in [0.717, 1.165) is 4.47 Å². The quantitative estimate of drug-likeness (QED) is 0.715. The zero-order valence-electron chi connectivity index (χ0n) is 16.0. The number of likely N-dealkylation sites (tertiary alicyclic amines) is 1. The highest BCUT2D eigenvalue weighted by Gasteiger charge is 2.28. The Labute approximate surface area is 166 Å². The van der Waals surface area contributed by atoms with Gasteiger partial charge in [0.05, 0.1) is 28.8 Å². The number of carbonyl (C=O) groups excluding carboxylic acids is 1. The molecule has 0 saturated carbocycles. The number of rotatable bonds is 2. The molecule has 3 rings (SSSR count). The van der Waals surface area contributed by atoms with E-state index in [-0.39, 0.29) is 17.7 Å². The molecule has 0 radical (unpaired) electrons. The summed E-state index contributed by atoms with van der Waals surface area (Å²) < 4.78 is 13.1. The molecule has 146 valence electrons. The van der Waals surface area contributed by atoms with E-state index in [9.17, 15) is 9.59 Å². The molecule has 7 nitrogen and oxygen atoms in total. The molecule has 1 fully saturated rings. The van der Waals surface area contributed by atoms with Crippen molar-refractivity contribution in [2.45, 2.75) is 45.3 Å². The van der Waals surface area contributed by atoms with Crippen molar-refractivity contribution in [2.24, 2.45) is 0 Å². The zero-order valence-corrected chi connectivity index (χ0v) is 17.6. The monoisotopic (exact) mass is 437 g/mol. The van der Waals surface area contributed by atoms with Crippen LogP contribution in [0.2, 0.25) is 0 Å². The van der Waals surface area contributed by atoms with Crippen molar-refractivity contribution in [1.29, 1.82) is 0 Å². The number of piperidine rings is 1. The van der Waals surface area contributed by atoms with E-state index in [1.54, 1.807) is 35.0 Å². The molecule has 0 bridgehead atoms. The summed E-state index contributed by atoms with van der Waals surface area (Å²) in [6, 6.07) is 3.49. The van der Waals surface area contributed by atoms with Gasteiger partial charge in [-0.2, -0.15) is 0 Å². The predicted molar refractivity (Wildman–Crippen MR) is 106 cm³/mol. The smallest absolute Gasteiger partial charge is 0.410 e. The summed E-state index contributed by atoms with van der Waals surface area (Å²) in [6.07, 6.45) is 2.65. The Morgan fingerprint density at radius 3 is 2.52 bits per heavy atom. The standard InChI is InChI=1S/C19H24BrN3O4/c1-19(2,3)27-18(25)22-7-5-12(6-8-22)23-11-21-15-10-14(20)16(26-4)9-13(15)17(23)24/h9-12H,5-8H2,1-4H3. The van der Waals surface area contributed by atoms with Gasteiger partial charge in [-0.1, -0.05) is 0 Å². The third-order valence-electron chi connectivity index (χ3n) is 4.57. The van der Waals surface area contributed by atoms with Crippen LogP contribution in [0.3, 0.4) is 0 Å². The van der Waals surface area contributed by atoms with E-state index >= 15 is 0 Å². The summed E-state index contributed by atoms with van der Waals surface area (Å²) >= 11 is 3.41. The first kappa shape index (κ1) is 19.7. The van der Waals surface area contributed by atoms with Gasteiger partial charge < -0.3 is 14.4 Å². The van der Waals surface area contributed by atoms with E-state index in [0.29, 0.717) is 42.6 Å². The Kier molecular flexibility index (Phi) is 5.46. The number of aromatic nitrogens is 2. The van der Waals surface area contributed by atoms with Crippen LogP contribution >= 0.6 is 15.9 Å². The molecule has 0 atom stereocenters. The number of fused-ring (bicyclic) bond motifs is 1. The number of carbonyl (C=O) groups is 1. The molecule has 1 aromatic heterocycles. The first-order valence-electron chi connectivity index (χ1n) is 8.92. The largest absolute Gasteiger partial charge is 0.496 e. The summed E-state index contributed by atoms with van der Waals surface area (Å²) in [7, 11) is 1.56. The highest BCUT2D eigenvalue weighted by atomic mass is 79.9. The van der Waals surface area contributed by atoms with E-state index in [1.807, 2.05) is 20.8 Å². The molecular formula is C19H24BrN3O4. The second-order valence-corrected chi connectivity index (χ2v) is 8.51. The molecule has 0 aliphatic carbocycles. The maximum atomic E-state index is 13.0. The molecular weight excluding hydrogens is 414 g/mol. The van der Waals surface area contributed by atoms with E-state index < -0.39 is 5.60 Å². The third kappa shape index (κ3) is 4.26. The minimum Gasteiger partial charge on any atom is -0.496 e. The van der Waals surface area contributed by atoms with Crippen LogP contribution < -0.4 is 10.3 Å². The van der Waals surface area contributed by atoms with Gasteiger partial charge in [-0.15, -0.1) is 0 Å². The van der Waals surface area contributed by atoms with Crippen molar-refractivity contribution in [3.8, 4) is 5.75 Å². The van der Waals surface area contributed by atoms with Crippen LogP contribution in [0.15, 0.2) is 27.7 Å². The van der Waals surface area contributed by atoms with Crippen LogP contribution in [0.4, 0.5) is 4.79 Å². The van der Waals surface area contributed by atoms with Gasteiger partial charge in [0.15, 0.2) is 0 Å².